The fourth-order valence-corrected chi connectivity index (χ4v) is 6.88. The Morgan fingerprint density at radius 2 is 1.12 bits per heavy atom. The molecule has 392 valence electrons. The zero-order valence-corrected chi connectivity index (χ0v) is 38.3. The fraction of sp³-hybridized carbons (Fsp3) is 0.829. The highest BCUT2D eigenvalue weighted by Crippen LogP contribution is 2.28. The van der Waals surface area contributed by atoms with Gasteiger partial charge in [0.1, 0.15) is 49.3 Å². The minimum absolute atomic E-state index is 0.0231. The molecule has 10 atom stereocenters. The molecule has 0 saturated carbocycles. The molecule has 0 bridgehead atoms. The number of Topliss-reactive ketones (excluding diaryl/α,β-unsaturated/α-hetero) is 1. The normalized spacial score (nSPS) is 24.2. The quantitative estimate of drug-likeness (QED) is 0.0128. The summed E-state index contributed by atoms with van der Waals surface area (Å²) in [5.41, 5.74) is 0. The van der Waals surface area contributed by atoms with E-state index in [1.807, 2.05) is 0 Å². The lowest BCUT2D eigenvalue weighted by molar-refractivity contribution is -0.331. The standard InChI is InChI=1S/C41H72N6O21/c1-42-25(23-49)38-35(58)36(59)39(40(61)67-38)68-41-37(60)34(57)33(56)26(66-41)24-65-32(55)16-15-31(54)47(64)20-8-3-6-18-44-27(50)11-13-29(52)45(62)19-7-2-5-17-43-28(51)12-14-30(53)46(63)21-9-4-10-22-48/h25-26,33-36,38-42,48-49,56-59,61-64H,2-24H2,1H3,(H,43,51)(H,44,50)/t25-,26+,33+,34-,35-,36-,38+,39+,40-,41+/m0/s1. The van der Waals surface area contributed by atoms with Gasteiger partial charge >= 0.3 is 5.97 Å². The molecule has 27 nitrogen and oxygen atoms in total. The zero-order valence-electron chi connectivity index (χ0n) is 38.3. The fourth-order valence-electron chi connectivity index (χ4n) is 6.88. The van der Waals surface area contributed by atoms with Crippen molar-refractivity contribution in [2.24, 2.45) is 0 Å². The van der Waals surface area contributed by atoms with Crippen molar-refractivity contribution >= 4 is 41.3 Å². The number of carbonyl (C=O) groups is 7. The van der Waals surface area contributed by atoms with Gasteiger partial charge in [0.2, 0.25) is 41.6 Å². The summed E-state index contributed by atoms with van der Waals surface area (Å²) >= 11 is 0. The summed E-state index contributed by atoms with van der Waals surface area (Å²) in [6.07, 6.45) is -13.3. The molecule has 0 aromatic rings. The van der Waals surface area contributed by atoms with Gasteiger partial charge in [-0.1, -0.05) is 0 Å². The number of ketones is 1. The van der Waals surface area contributed by atoms with Crippen molar-refractivity contribution in [1.29, 1.82) is 0 Å². The first-order chi connectivity index (χ1) is 32.4. The van der Waals surface area contributed by atoms with Gasteiger partial charge in [-0.25, -0.2) is 15.2 Å². The molecule has 2 aliphatic heterocycles. The average molecular weight is 985 g/mol. The first-order valence-electron chi connectivity index (χ1n) is 22.8. The van der Waals surface area contributed by atoms with E-state index in [0.29, 0.717) is 79.5 Å². The Balaban J connectivity index is 1.55. The Hall–Kier alpha value is -4.07. The number of hydrogen-bond acceptors (Lipinski definition) is 22. The van der Waals surface area contributed by atoms with Gasteiger partial charge in [-0.05, 0) is 64.8 Å². The van der Waals surface area contributed by atoms with Crippen LogP contribution in [-0.4, -0.2) is 229 Å². The predicted octanol–water partition coefficient (Wildman–Crippen LogP) is -4.32. The number of rotatable bonds is 33. The Bertz CT molecular complexity index is 1560. The molecular formula is C41H72N6O21. The number of amides is 5. The van der Waals surface area contributed by atoms with Crippen molar-refractivity contribution < 1.29 is 104 Å². The minimum atomic E-state index is -2.11. The van der Waals surface area contributed by atoms with Gasteiger partial charge in [0, 0.05) is 71.4 Å². The number of nitrogens with one attached hydrogen (secondary N) is 3. The van der Waals surface area contributed by atoms with Crippen LogP contribution in [0.1, 0.15) is 96.3 Å². The molecule has 0 aromatic carbocycles. The Labute approximate surface area is 393 Å². The lowest BCUT2D eigenvalue weighted by Crippen LogP contribution is -2.65. The number of nitrogens with zero attached hydrogens (tertiary/aromatic N) is 3. The summed E-state index contributed by atoms with van der Waals surface area (Å²) in [5.74, 6) is -5.00. The molecule has 0 unspecified atom stereocenters. The van der Waals surface area contributed by atoms with Crippen molar-refractivity contribution in [1.82, 2.24) is 31.1 Å². The van der Waals surface area contributed by atoms with Gasteiger partial charge < -0.3 is 70.6 Å². The molecule has 13 N–H and O–H groups in total. The first-order valence-corrected chi connectivity index (χ1v) is 22.8. The summed E-state index contributed by atoms with van der Waals surface area (Å²) < 4.78 is 21.0. The van der Waals surface area contributed by atoms with Gasteiger partial charge in [0.15, 0.2) is 6.29 Å². The van der Waals surface area contributed by atoms with E-state index in [0.717, 1.165) is 0 Å². The molecule has 2 rings (SSSR count). The summed E-state index contributed by atoms with van der Waals surface area (Å²) in [6, 6.07) is -0.901. The summed E-state index contributed by atoms with van der Waals surface area (Å²) in [4.78, 5) is 85.7. The molecule has 0 aromatic heterocycles. The van der Waals surface area contributed by atoms with Gasteiger partial charge in [-0.3, -0.25) is 49.2 Å². The number of esters is 1. The van der Waals surface area contributed by atoms with E-state index in [4.69, 9.17) is 24.1 Å². The smallest absolute Gasteiger partial charge is 0.306 e. The third kappa shape index (κ3) is 21.3. The number of likely N-dealkylation sites (N-methyl/N-ethyl adjacent to an activating group) is 1. The Morgan fingerprint density at radius 3 is 1.59 bits per heavy atom. The number of aliphatic hydroxyl groups is 7. The van der Waals surface area contributed by atoms with E-state index in [2.05, 4.69) is 16.0 Å². The summed E-state index contributed by atoms with van der Waals surface area (Å²) in [5, 5.41) is 110. The maximum absolute atomic E-state index is 12.6. The van der Waals surface area contributed by atoms with E-state index >= 15 is 0 Å². The molecule has 2 saturated heterocycles. The van der Waals surface area contributed by atoms with Crippen molar-refractivity contribution in [3.63, 3.8) is 0 Å². The number of ether oxygens (including phenoxy) is 4. The van der Waals surface area contributed by atoms with E-state index < -0.39 is 123 Å². The maximum atomic E-state index is 12.6. The molecule has 0 radical (unpaired) electrons. The molecule has 68 heavy (non-hydrogen) atoms. The van der Waals surface area contributed by atoms with Gasteiger partial charge in [-0.15, -0.1) is 0 Å². The third-order valence-corrected chi connectivity index (χ3v) is 11.1. The number of unbranched alkanes of at least 4 members (excludes halogenated alkanes) is 6. The van der Waals surface area contributed by atoms with Crippen LogP contribution in [0, 0.1) is 0 Å². The molecule has 2 heterocycles. The Kier molecular flexibility index (Phi) is 28.9. The molecule has 5 amide bonds. The van der Waals surface area contributed by atoms with Crippen molar-refractivity contribution in [3.8, 4) is 0 Å². The zero-order chi connectivity index (χ0) is 50.8. The molecule has 2 aliphatic rings. The monoisotopic (exact) mass is 984 g/mol. The van der Waals surface area contributed by atoms with Crippen molar-refractivity contribution in [2.45, 2.75) is 158 Å². The van der Waals surface area contributed by atoms with Gasteiger partial charge in [0.05, 0.1) is 19.1 Å². The third-order valence-electron chi connectivity index (χ3n) is 11.1. The molecular weight excluding hydrogens is 912 g/mol. The van der Waals surface area contributed by atoms with Crippen molar-refractivity contribution in [2.75, 3.05) is 59.6 Å². The van der Waals surface area contributed by atoms with Crippen LogP contribution in [0.25, 0.3) is 0 Å². The first kappa shape index (κ1) is 60.1. The number of aliphatic hydroxyl groups excluding tert-OH is 7. The molecule has 0 spiro atoms. The van der Waals surface area contributed by atoms with Crippen LogP contribution < -0.4 is 16.0 Å². The number of carbonyl (C=O) groups excluding carboxylic acids is 7. The maximum Gasteiger partial charge on any atom is 0.306 e. The predicted molar refractivity (Wildman–Crippen MR) is 227 cm³/mol. The van der Waals surface area contributed by atoms with E-state index in [1.165, 1.54) is 7.05 Å². The van der Waals surface area contributed by atoms with Gasteiger partial charge in [-0.2, -0.15) is 0 Å². The SMILES string of the molecule is CN[C@@H](CO)[C@H]1O[C@H](O)[C@H](O[C@H]2O[C@H](COC(=O)CCC(=O)N(O)CCCCCNC(=O)CCC(=O)N(O)CCCCCNC(=O)CCC(=O)N(O)CCCCCO)[C@@H](O)[C@H](O)C2=O)[C@@H](O)[C@@H]1O. The van der Waals surface area contributed by atoms with Crippen LogP contribution in [0.2, 0.25) is 0 Å². The second-order valence-electron chi connectivity index (χ2n) is 16.3. The average Bonchev–Trinajstić information content (AvgIpc) is 3.32. The summed E-state index contributed by atoms with van der Waals surface area (Å²) in [7, 11) is 1.44. The topological polar surface area (TPSA) is 405 Å². The van der Waals surface area contributed by atoms with Crippen LogP contribution in [0.4, 0.5) is 0 Å². The largest absolute Gasteiger partial charge is 0.463 e. The second-order valence-corrected chi connectivity index (χ2v) is 16.3. The van der Waals surface area contributed by atoms with Crippen molar-refractivity contribution in [3.05, 3.63) is 0 Å². The van der Waals surface area contributed by atoms with Crippen LogP contribution in [-0.2, 0) is 52.5 Å². The van der Waals surface area contributed by atoms with Crippen LogP contribution in [0.3, 0.4) is 0 Å². The van der Waals surface area contributed by atoms with E-state index in [1.54, 1.807) is 0 Å². The van der Waals surface area contributed by atoms with E-state index in [-0.39, 0.29) is 64.4 Å². The highest BCUT2D eigenvalue weighted by atomic mass is 16.7. The Morgan fingerprint density at radius 1 is 0.632 bits per heavy atom. The molecule has 0 aliphatic carbocycles. The lowest BCUT2D eigenvalue weighted by Gasteiger charge is -2.44. The number of hydrogen-bond donors (Lipinski definition) is 13. The summed E-state index contributed by atoms with van der Waals surface area (Å²) in [6.45, 7) is -0.635. The highest BCUT2D eigenvalue weighted by molar-refractivity contribution is 5.87. The van der Waals surface area contributed by atoms with Crippen LogP contribution in [0.15, 0.2) is 0 Å². The van der Waals surface area contributed by atoms with E-state index in [9.17, 15) is 79.8 Å². The second kappa shape index (κ2) is 32.7. The highest BCUT2D eigenvalue weighted by Gasteiger charge is 2.51. The molecule has 2 fully saturated rings. The van der Waals surface area contributed by atoms with Crippen LogP contribution >= 0.6 is 0 Å². The van der Waals surface area contributed by atoms with Crippen LogP contribution in [0.5, 0.6) is 0 Å². The minimum Gasteiger partial charge on any atom is -0.463 e. The molecule has 27 heteroatoms. The lowest BCUT2D eigenvalue weighted by atomic mass is 9.94. The van der Waals surface area contributed by atoms with Gasteiger partial charge in [0.25, 0.3) is 0 Å². The number of hydroxylamine groups is 6.